The first-order valence-corrected chi connectivity index (χ1v) is 4.88. The summed E-state index contributed by atoms with van der Waals surface area (Å²) in [4.78, 5) is 11.6. The lowest BCUT2D eigenvalue weighted by molar-refractivity contribution is -0.151. The summed E-state index contributed by atoms with van der Waals surface area (Å²) in [5.41, 5.74) is 0.543. The number of rotatable bonds is 3. The summed E-state index contributed by atoms with van der Waals surface area (Å²) in [6.07, 6.45) is -0.00317. The maximum absolute atomic E-state index is 10.9. The van der Waals surface area contributed by atoms with Crippen molar-refractivity contribution in [1.29, 1.82) is 0 Å². The van der Waals surface area contributed by atoms with E-state index in [4.69, 9.17) is 0 Å². The van der Waals surface area contributed by atoms with Crippen LogP contribution in [0.5, 0.6) is 0 Å². The molecule has 0 bridgehead atoms. The highest BCUT2D eigenvalue weighted by Crippen LogP contribution is 2.30. The monoisotopic (exact) mass is 188 g/mol. The highest BCUT2D eigenvalue weighted by Gasteiger charge is 2.29. The molecule has 0 aromatic carbocycles. The van der Waals surface area contributed by atoms with Gasteiger partial charge in [-0.2, -0.15) is 0 Å². The molecule has 0 saturated heterocycles. The number of carbonyl (C=O) groups is 1. The van der Waals surface area contributed by atoms with Crippen molar-refractivity contribution in [2.75, 3.05) is 5.75 Å². The first kappa shape index (κ1) is 9.61. The topological polar surface area (TPSA) is 46.5 Å². The number of hydrogen-bond donors (Lipinski definition) is 1. The van der Waals surface area contributed by atoms with Gasteiger partial charge in [-0.3, -0.25) is 0 Å². The fraction of sp³-hybridized carbons (Fsp3) is 0.625. The van der Waals surface area contributed by atoms with Crippen LogP contribution in [0.15, 0.2) is 10.5 Å². The van der Waals surface area contributed by atoms with Crippen molar-refractivity contribution in [3.05, 3.63) is 10.5 Å². The van der Waals surface area contributed by atoms with Gasteiger partial charge in [-0.15, -0.1) is 11.8 Å². The first-order chi connectivity index (χ1) is 5.66. The summed E-state index contributed by atoms with van der Waals surface area (Å²) >= 11 is 1.49. The van der Waals surface area contributed by atoms with Gasteiger partial charge in [-0.05, 0) is 19.1 Å². The number of aliphatic hydroxyl groups is 1. The Balaban J connectivity index is 2.65. The molecule has 1 heterocycles. The van der Waals surface area contributed by atoms with Crippen molar-refractivity contribution in [3.63, 3.8) is 0 Å². The molecule has 0 fully saturated rings. The lowest BCUT2D eigenvalue weighted by Gasteiger charge is -2.05. The molecule has 3 nitrogen and oxygen atoms in total. The average Bonchev–Trinajstić information content (AvgIpc) is 2.25. The van der Waals surface area contributed by atoms with Gasteiger partial charge in [0, 0.05) is 5.57 Å². The van der Waals surface area contributed by atoms with Crippen molar-refractivity contribution < 1.29 is 14.6 Å². The summed E-state index contributed by atoms with van der Waals surface area (Å²) in [6.45, 7) is 3.73. The smallest absolute Gasteiger partial charge is 0.337 e. The largest absolute Gasteiger partial charge is 0.427 e. The third kappa shape index (κ3) is 1.81. The Morgan fingerprint density at radius 1 is 1.67 bits per heavy atom. The number of aliphatic hydroxyl groups excluding tert-OH is 1. The molecule has 0 aromatic rings. The molecule has 0 radical (unpaired) electrons. The molecule has 1 aliphatic heterocycles. The Morgan fingerprint density at radius 3 is 2.75 bits per heavy atom. The second-order valence-corrected chi connectivity index (χ2v) is 3.73. The fourth-order valence-corrected chi connectivity index (χ4v) is 1.84. The molecule has 1 atom stereocenters. The van der Waals surface area contributed by atoms with Gasteiger partial charge < -0.3 is 9.84 Å². The van der Waals surface area contributed by atoms with Gasteiger partial charge in [0.15, 0.2) is 0 Å². The molecule has 1 N–H and O–H groups in total. The summed E-state index contributed by atoms with van der Waals surface area (Å²) in [5.74, 6) is 0.501. The van der Waals surface area contributed by atoms with Crippen LogP contribution in [0.25, 0.3) is 0 Å². The van der Waals surface area contributed by atoms with E-state index in [-0.39, 0.29) is 0 Å². The van der Waals surface area contributed by atoms with Crippen molar-refractivity contribution in [3.8, 4) is 0 Å². The van der Waals surface area contributed by atoms with Crippen LogP contribution in [0.2, 0.25) is 0 Å². The van der Waals surface area contributed by atoms with Crippen molar-refractivity contribution in [2.45, 2.75) is 26.6 Å². The van der Waals surface area contributed by atoms with E-state index in [2.05, 4.69) is 4.74 Å². The molecule has 0 saturated carbocycles. The molecular weight excluding hydrogens is 176 g/mol. The van der Waals surface area contributed by atoms with Crippen LogP contribution in [-0.4, -0.2) is 23.1 Å². The van der Waals surface area contributed by atoms with E-state index in [0.29, 0.717) is 10.5 Å². The number of esters is 1. The molecule has 1 aliphatic rings. The van der Waals surface area contributed by atoms with Crippen LogP contribution in [0.1, 0.15) is 20.3 Å². The standard InChI is InChI=1S/C8H12O3S/c1-3-4-12-6-5(2)7(9)11-8(6)10/h8,10H,3-4H2,1-2H3. The number of ether oxygens (including phenoxy) is 1. The average molecular weight is 188 g/mol. The summed E-state index contributed by atoms with van der Waals surface area (Å²) in [7, 11) is 0. The van der Waals surface area contributed by atoms with Crippen LogP contribution in [0, 0.1) is 0 Å². The molecular formula is C8H12O3S. The van der Waals surface area contributed by atoms with E-state index in [9.17, 15) is 9.90 Å². The Morgan fingerprint density at radius 2 is 2.33 bits per heavy atom. The quantitative estimate of drug-likeness (QED) is 0.678. The van der Waals surface area contributed by atoms with Gasteiger partial charge in [-0.25, -0.2) is 4.79 Å². The molecule has 1 rings (SSSR count). The number of cyclic esters (lactones) is 1. The van der Waals surface area contributed by atoms with E-state index in [1.807, 2.05) is 6.92 Å². The van der Waals surface area contributed by atoms with Gasteiger partial charge >= 0.3 is 5.97 Å². The van der Waals surface area contributed by atoms with Crippen LogP contribution in [0.3, 0.4) is 0 Å². The van der Waals surface area contributed by atoms with Crippen LogP contribution in [-0.2, 0) is 9.53 Å². The van der Waals surface area contributed by atoms with E-state index < -0.39 is 12.3 Å². The maximum atomic E-state index is 10.9. The molecule has 0 aromatic heterocycles. The first-order valence-electron chi connectivity index (χ1n) is 3.89. The second kappa shape index (κ2) is 3.96. The fourth-order valence-electron chi connectivity index (χ4n) is 0.921. The van der Waals surface area contributed by atoms with Crippen LogP contribution >= 0.6 is 11.8 Å². The molecule has 12 heavy (non-hydrogen) atoms. The normalized spacial score (nSPS) is 23.2. The predicted octanol–water partition coefficient (Wildman–Crippen LogP) is 1.28. The molecule has 1 unspecified atom stereocenters. The maximum Gasteiger partial charge on any atom is 0.337 e. The highest BCUT2D eigenvalue weighted by atomic mass is 32.2. The van der Waals surface area contributed by atoms with Gasteiger partial charge in [0.1, 0.15) is 0 Å². The third-order valence-electron chi connectivity index (χ3n) is 1.58. The van der Waals surface area contributed by atoms with Crippen LogP contribution < -0.4 is 0 Å². The molecule has 4 heteroatoms. The van der Waals surface area contributed by atoms with Crippen LogP contribution in [0.4, 0.5) is 0 Å². The van der Waals surface area contributed by atoms with Gasteiger partial charge in [0.2, 0.25) is 6.29 Å². The van der Waals surface area contributed by atoms with Gasteiger partial charge in [0.25, 0.3) is 0 Å². The Labute approximate surface area is 75.8 Å². The minimum absolute atomic E-state index is 0.402. The van der Waals surface area contributed by atoms with Crippen molar-refractivity contribution >= 4 is 17.7 Å². The van der Waals surface area contributed by atoms with Crippen molar-refractivity contribution in [2.24, 2.45) is 0 Å². The van der Waals surface area contributed by atoms with Gasteiger partial charge in [0.05, 0.1) is 4.91 Å². The minimum atomic E-state index is -1.02. The summed E-state index contributed by atoms with van der Waals surface area (Å²) in [5, 5.41) is 9.23. The zero-order valence-electron chi connectivity index (χ0n) is 7.16. The zero-order chi connectivity index (χ0) is 9.14. The Bertz CT molecular complexity index is 222. The van der Waals surface area contributed by atoms with Crippen molar-refractivity contribution in [1.82, 2.24) is 0 Å². The SMILES string of the molecule is CCCSC1=C(C)C(=O)OC1O. The third-order valence-corrected chi connectivity index (χ3v) is 3.01. The summed E-state index contributed by atoms with van der Waals surface area (Å²) < 4.78 is 4.60. The van der Waals surface area contributed by atoms with E-state index in [1.54, 1.807) is 6.92 Å². The molecule has 0 aliphatic carbocycles. The molecule has 0 spiro atoms. The zero-order valence-corrected chi connectivity index (χ0v) is 7.98. The predicted molar refractivity (Wildman–Crippen MR) is 47.5 cm³/mol. The lowest BCUT2D eigenvalue weighted by atomic mass is 10.3. The molecule has 68 valence electrons. The number of hydrogen-bond acceptors (Lipinski definition) is 4. The lowest BCUT2D eigenvalue weighted by Crippen LogP contribution is -2.08. The van der Waals surface area contributed by atoms with Gasteiger partial charge in [-0.1, -0.05) is 6.92 Å². The molecule has 0 amide bonds. The second-order valence-electron chi connectivity index (χ2n) is 2.60. The Hall–Kier alpha value is -0.480. The minimum Gasteiger partial charge on any atom is -0.427 e. The van der Waals surface area contributed by atoms with E-state index in [0.717, 1.165) is 12.2 Å². The summed E-state index contributed by atoms with van der Waals surface area (Å²) in [6, 6.07) is 0. The van der Waals surface area contributed by atoms with E-state index in [1.165, 1.54) is 11.8 Å². The number of carbonyl (C=O) groups excluding carboxylic acids is 1. The Kier molecular flexibility index (Phi) is 3.17. The van der Waals surface area contributed by atoms with E-state index >= 15 is 0 Å². The highest BCUT2D eigenvalue weighted by molar-refractivity contribution is 8.03. The number of thioether (sulfide) groups is 1.